The quantitative estimate of drug-likeness (QED) is 0.288. The number of benzene rings is 1. The van der Waals surface area contributed by atoms with Gasteiger partial charge in [-0.2, -0.15) is 0 Å². The van der Waals surface area contributed by atoms with Gasteiger partial charge in [0, 0.05) is 33.4 Å². The molecule has 6 heteroatoms. The molecule has 1 unspecified atom stereocenters. The molecule has 0 aromatic heterocycles. The van der Waals surface area contributed by atoms with E-state index in [9.17, 15) is 5.11 Å². The van der Waals surface area contributed by atoms with E-state index in [1.165, 1.54) is 0 Å². The fourth-order valence-electron chi connectivity index (χ4n) is 2.26. The van der Waals surface area contributed by atoms with E-state index >= 15 is 0 Å². The molecular formula is C19H33N3O3. The number of nitrogens with one attached hydrogen (secondary N) is 2. The normalized spacial score (nSPS) is 12.8. The number of methoxy groups -OCH3 is 1. The summed E-state index contributed by atoms with van der Waals surface area (Å²) in [6.07, 6.45) is 2.15. The summed E-state index contributed by atoms with van der Waals surface area (Å²) in [4.78, 5) is 4.55. The van der Waals surface area contributed by atoms with Crippen LogP contribution in [0.1, 0.15) is 37.9 Å². The summed E-state index contributed by atoms with van der Waals surface area (Å²) >= 11 is 0. The summed E-state index contributed by atoms with van der Waals surface area (Å²) in [5, 5.41) is 16.7. The topological polar surface area (TPSA) is 75.1 Å². The summed E-state index contributed by atoms with van der Waals surface area (Å²) in [7, 11) is 1.67. The highest BCUT2D eigenvalue weighted by atomic mass is 16.5. The van der Waals surface area contributed by atoms with Crippen molar-refractivity contribution in [3.63, 3.8) is 0 Å². The van der Waals surface area contributed by atoms with Gasteiger partial charge in [0.1, 0.15) is 0 Å². The minimum Gasteiger partial charge on any atom is -0.388 e. The molecule has 142 valence electrons. The SMILES string of the molecule is CCNC(=NCCCCOCCOC)NCCC(O)c1ccccc1. The standard InChI is InChI=1S/C19H33N3O3/c1-3-20-19(21-12-7-8-14-25-16-15-24-2)22-13-11-18(23)17-9-5-4-6-10-17/h4-6,9-10,18,23H,3,7-8,11-16H2,1-2H3,(H2,20,21,22). The fourth-order valence-corrected chi connectivity index (χ4v) is 2.26. The summed E-state index contributed by atoms with van der Waals surface area (Å²) in [6, 6.07) is 9.72. The predicted octanol–water partition coefficient (Wildman–Crippen LogP) is 2.11. The van der Waals surface area contributed by atoms with Crippen LogP contribution < -0.4 is 10.6 Å². The zero-order valence-corrected chi connectivity index (χ0v) is 15.5. The van der Waals surface area contributed by atoms with Crippen molar-refractivity contribution >= 4 is 5.96 Å². The first-order valence-corrected chi connectivity index (χ1v) is 9.09. The van der Waals surface area contributed by atoms with Crippen LogP contribution in [0.5, 0.6) is 0 Å². The Morgan fingerprint density at radius 2 is 1.92 bits per heavy atom. The van der Waals surface area contributed by atoms with Gasteiger partial charge >= 0.3 is 0 Å². The van der Waals surface area contributed by atoms with Crippen molar-refractivity contribution in [3.05, 3.63) is 35.9 Å². The Morgan fingerprint density at radius 1 is 1.12 bits per heavy atom. The zero-order valence-electron chi connectivity index (χ0n) is 15.5. The van der Waals surface area contributed by atoms with Gasteiger partial charge in [-0.1, -0.05) is 30.3 Å². The van der Waals surface area contributed by atoms with E-state index in [0.29, 0.717) is 26.2 Å². The van der Waals surface area contributed by atoms with Crippen LogP contribution in [0.3, 0.4) is 0 Å². The second-order valence-electron chi connectivity index (χ2n) is 5.71. The third-order valence-corrected chi connectivity index (χ3v) is 3.64. The van der Waals surface area contributed by atoms with E-state index in [0.717, 1.165) is 44.1 Å². The zero-order chi connectivity index (χ0) is 18.2. The molecule has 25 heavy (non-hydrogen) atoms. The molecule has 0 spiro atoms. The molecule has 1 rings (SSSR count). The van der Waals surface area contributed by atoms with Crippen LogP contribution in [0.15, 0.2) is 35.3 Å². The van der Waals surface area contributed by atoms with Crippen LogP contribution in [-0.2, 0) is 9.47 Å². The second kappa shape index (κ2) is 14.7. The van der Waals surface area contributed by atoms with Gasteiger partial charge in [0.25, 0.3) is 0 Å². The first kappa shape index (κ1) is 21.4. The first-order chi connectivity index (χ1) is 12.3. The smallest absolute Gasteiger partial charge is 0.191 e. The van der Waals surface area contributed by atoms with Crippen LogP contribution in [0.2, 0.25) is 0 Å². The number of aliphatic hydroxyl groups excluding tert-OH is 1. The molecule has 0 bridgehead atoms. The Kier molecular flexibility index (Phi) is 12.6. The van der Waals surface area contributed by atoms with Crippen LogP contribution >= 0.6 is 0 Å². The van der Waals surface area contributed by atoms with Crippen molar-refractivity contribution < 1.29 is 14.6 Å². The average molecular weight is 351 g/mol. The van der Waals surface area contributed by atoms with E-state index in [2.05, 4.69) is 15.6 Å². The summed E-state index contributed by atoms with van der Waals surface area (Å²) in [5.74, 6) is 0.795. The number of hydrogen-bond acceptors (Lipinski definition) is 4. The maximum atomic E-state index is 10.2. The molecule has 0 aliphatic heterocycles. The van der Waals surface area contributed by atoms with Crippen LogP contribution in [0.4, 0.5) is 0 Å². The molecule has 0 saturated carbocycles. The second-order valence-corrected chi connectivity index (χ2v) is 5.71. The predicted molar refractivity (Wildman–Crippen MR) is 102 cm³/mol. The van der Waals surface area contributed by atoms with Crippen molar-refractivity contribution in [1.82, 2.24) is 10.6 Å². The molecule has 0 saturated heterocycles. The van der Waals surface area contributed by atoms with Gasteiger partial charge in [-0.25, -0.2) is 0 Å². The van der Waals surface area contributed by atoms with Crippen molar-refractivity contribution in [1.29, 1.82) is 0 Å². The van der Waals surface area contributed by atoms with Crippen LogP contribution in [0.25, 0.3) is 0 Å². The minimum absolute atomic E-state index is 0.458. The number of ether oxygens (including phenoxy) is 2. The number of aliphatic hydroxyl groups is 1. The molecule has 0 amide bonds. The number of unbranched alkanes of at least 4 members (excludes halogenated alkanes) is 1. The van der Waals surface area contributed by atoms with Crippen molar-refractivity contribution in [3.8, 4) is 0 Å². The molecule has 0 aliphatic carbocycles. The summed E-state index contributed by atoms with van der Waals surface area (Å²) in [6.45, 7) is 6.31. The molecule has 0 radical (unpaired) electrons. The molecule has 1 atom stereocenters. The highest BCUT2D eigenvalue weighted by molar-refractivity contribution is 5.79. The van der Waals surface area contributed by atoms with E-state index < -0.39 is 6.10 Å². The van der Waals surface area contributed by atoms with Gasteiger partial charge in [0.2, 0.25) is 0 Å². The third kappa shape index (κ3) is 10.8. The Morgan fingerprint density at radius 3 is 2.64 bits per heavy atom. The van der Waals surface area contributed by atoms with E-state index in [1.54, 1.807) is 7.11 Å². The van der Waals surface area contributed by atoms with Gasteiger partial charge in [0.05, 0.1) is 19.3 Å². The Balaban J connectivity index is 2.19. The van der Waals surface area contributed by atoms with E-state index in [4.69, 9.17) is 9.47 Å². The van der Waals surface area contributed by atoms with Crippen molar-refractivity contribution in [2.75, 3.05) is 46.6 Å². The van der Waals surface area contributed by atoms with Crippen molar-refractivity contribution in [2.24, 2.45) is 4.99 Å². The largest absolute Gasteiger partial charge is 0.388 e. The maximum Gasteiger partial charge on any atom is 0.191 e. The van der Waals surface area contributed by atoms with Gasteiger partial charge in [0.15, 0.2) is 5.96 Å². The van der Waals surface area contributed by atoms with Gasteiger partial charge in [-0.05, 0) is 31.7 Å². The fraction of sp³-hybridized carbons (Fsp3) is 0.632. The molecule has 0 aliphatic rings. The molecular weight excluding hydrogens is 318 g/mol. The summed E-state index contributed by atoms with van der Waals surface area (Å²) in [5.41, 5.74) is 0.944. The monoisotopic (exact) mass is 351 g/mol. The Labute approximate surface area is 151 Å². The highest BCUT2D eigenvalue weighted by Gasteiger charge is 2.06. The summed E-state index contributed by atoms with van der Waals surface area (Å²) < 4.78 is 10.4. The average Bonchev–Trinajstić information content (AvgIpc) is 2.64. The lowest BCUT2D eigenvalue weighted by atomic mass is 10.1. The molecule has 1 aromatic carbocycles. The van der Waals surface area contributed by atoms with E-state index in [1.807, 2.05) is 37.3 Å². The molecule has 1 aromatic rings. The van der Waals surface area contributed by atoms with Crippen molar-refractivity contribution in [2.45, 2.75) is 32.3 Å². The molecule has 0 heterocycles. The maximum absolute atomic E-state index is 10.2. The number of guanidine groups is 1. The lowest BCUT2D eigenvalue weighted by Crippen LogP contribution is -2.38. The number of rotatable bonds is 13. The molecule has 6 nitrogen and oxygen atoms in total. The van der Waals surface area contributed by atoms with Gasteiger partial charge < -0.3 is 25.2 Å². The lowest BCUT2D eigenvalue weighted by Gasteiger charge is -2.14. The first-order valence-electron chi connectivity index (χ1n) is 9.09. The van der Waals surface area contributed by atoms with Gasteiger partial charge in [-0.15, -0.1) is 0 Å². The molecule has 3 N–H and O–H groups in total. The number of aliphatic imine (C=N–C) groups is 1. The third-order valence-electron chi connectivity index (χ3n) is 3.64. The Hall–Kier alpha value is -1.63. The molecule has 0 fully saturated rings. The van der Waals surface area contributed by atoms with E-state index in [-0.39, 0.29) is 0 Å². The Bertz CT molecular complexity index is 454. The highest BCUT2D eigenvalue weighted by Crippen LogP contribution is 2.14. The lowest BCUT2D eigenvalue weighted by molar-refractivity contribution is 0.0690. The van der Waals surface area contributed by atoms with Gasteiger partial charge in [-0.3, -0.25) is 4.99 Å². The number of hydrogen-bond donors (Lipinski definition) is 3. The number of nitrogens with zero attached hydrogens (tertiary/aromatic N) is 1. The van der Waals surface area contributed by atoms with Crippen LogP contribution in [0, 0.1) is 0 Å². The minimum atomic E-state index is -0.458. The van der Waals surface area contributed by atoms with Crippen LogP contribution in [-0.4, -0.2) is 57.6 Å².